The zero-order valence-corrected chi connectivity index (χ0v) is 19.6. The lowest BCUT2D eigenvalue weighted by Crippen LogP contribution is -2.34. The maximum absolute atomic E-state index is 14.0. The van der Waals surface area contributed by atoms with E-state index >= 15 is 0 Å². The van der Waals surface area contributed by atoms with E-state index in [0.29, 0.717) is 17.7 Å². The van der Waals surface area contributed by atoms with Gasteiger partial charge in [0, 0.05) is 25.6 Å². The number of carboxylic acid groups (broad SMARTS) is 1. The average Bonchev–Trinajstić information content (AvgIpc) is 2.85. The van der Waals surface area contributed by atoms with Gasteiger partial charge in [0.2, 0.25) is 5.91 Å². The number of carboxylic acids is 1. The number of pyridine rings is 1. The van der Waals surface area contributed by atoms with Crippen molar-refractivity contribution in [2.45, 2.75) is 44.3 Å². The molecule has 36 heavy (non-hydrogen) atoms. The molecule has 4 N–H and O–H groups in total. The lowest BCUT2D eigenvalue weighted by Gasteiger charge is -2.23. The van der Waals surface area contributed by atoms with Crippen LogP contribution in [0.25, 0.3) is 0 Å². The van der Waals surface area contributed by atoms with Gasteiger partial charge in [-0.15, -0.1) is 0 Å². The van der Waals surface area contributed by atoms with Crippen molar-refractivity contribution in [2.24, 2.45) is 0 Å². The van der Waals surface area contributed by atoms with Crippen molar-refractivity contribution in [1.82, 2.24) is 15.6 Å². The number of rotatable bonds is 10. The second-order valence-corrected chi connectivity index (χ2v) is 8.81. The second-order valence-electron chi connectivity index (χ2n) is 8.81. The van der Waals surface area contributed by atoms with E-state index in [4.69, 9.17) is 0 Å². The molecule has 2 heterocycles. The molecule has 9 heteroatoms. The summed E-state index contributed by atoms with van der Waals surface area (Å²) in [6, 6.07) is 13.9. The van der Waals surface area contributed by atoms with E-state index in [1.54, 1.807) is 18.2 Å². The summed E-state index contributed by atoms with van der Waals surface area (Å²) >= 11 is 0. The molecule has 0 spiro atoms. The van der Waals surface area contributed by atoms with Crippen LogP contribution in [0.3, 0.4) is 0 Å². The molecule has 2 aromatic carbocycles. The molecule has 0 saturated carbocycles. The van der Waals surface area contributed by atoms with Crippen LogP contribution in [-0.2, 0) is 22.6 Å². The molecule has 0 fully saturated rings. The highest BCUT2D eigenvalue weighted by Crippen LogP contribution is 2.23. The Morgan fingerprint density at radius 1 is 0.972 bits per heavy atom. The Bertz CT molecular complexity index is 1240. The van der Waals surface area contributed by atoms with Gasteiger partial charge in [0.15, 0.2) is 0 Å². The number of fused-ring (bicyclic) bond motifs is 1. The summed E-state index contributed by atoms with van der Waals surface area (Å²) in [5.41, 5.74) is 2.86. The van der Waals surface area contributed by atoms with E-state index in [0.717, 1.165) is 36.5 Å². The van der Waals surface area contributed by atoms with Crippen molar-refractivity contribution in [3.05, 3.63) is 94.7 Å². The van der Waals surface area contributed by atoms with Crippen LogP contribution in [0.4, 0.5) is 14.6 Å². The third-order valence-corrected chi connectivity index (χ3v) is 6.09. The van der Waals surface area contributed by atoms with Crippen LogP contribution in [0.2, 0.25) is 0 Å². The Labute approximate surface area is 208 Å². The number of anilines is 1. The molecule has 0 radical (unpaired) electrons. The van der Waals surface area contributed by atoms with Crippen LogP contribution in [0.1, 0.15) is 53.7 Å². The van der Waals surface area contributed by atoms with Gasteiger partial charge in [-0.1, -0.05) is 30.3 Å². The van der Waals surface area contributed by atoms with E-state index in [1.165, 1.54) is 30.3 Å². The van der Waals surface area contributed by atoms with Gasteiger partial charge < -0.3 is 21.1 Å². The van der Waals surface area contributed by atoms with Gasteiger partial charge >= 0.3 is 5.97 Å². The molecule has 188 valence electrons. The second kappa shape index (κ2) is 11.7. The van der Waals surface area contributed by atoms with Gasteiger partial charge in [0.1, 0.15) is 17.5 Å². The lowest BCUT2D eigenvalue weighted by atomic mass is 10.0. The smallest absolute Gasteiger partial charge is 0.305 e. The van der Waals surface area contributed by atoms with Gasteiger partial charge in [0.25, 0.3) is 0 Å². The van der Waals surface area contributed by atoms with Gasteiger partial charge in [-0.2, -0.15) is 0 Å². The summed E-state index contributed by atoms with van der Waals surface area (Å²) in [4.78, 5) is 29.0. The van der Waals surface area contributed by atoms with E-state index in [2.05, 4.69) is 20.9 Å². The number of nitrogens with zero attached hydrogens (tertiary/aromatic N) is 1. The number of carbonyl (C=O) groups excluding carboxylic acids is 1. The number of nitrogens with one attached hydrogen (secondary N) is 3. The molecule has 0 saturated heterocycles. The fraction of sp³-hybridized carbons (Fsp3) is 0.296. The van der Waals surface area contributed by atoms with Gasteiger partial charge in [-0.05, 0) is 59.9 Å². The summed E-state index contributed by atoms with van der Waals surface area (Å²) in [7, 11) is 0. The van der Waals surface area contributed by atoms with Gasteiger partial charge in [-0.3, -0.25) is 9.59 Å². The SMILES string of the molecule is O=C(O)CC(NC(=O)CC(NCc1ccc2c(n1)NCCC2)c1cccc(F)c1)c1cccc(F)c1. The first-order valence-electron chi connectivity index (χ1n) is 11.9. The number of hydrogen-bond donors (Lipinski definition) is 4. The number of hydrogen-bond acceptors (Lipinski definition) is 5. The van der Waals surface area contributed by atoms with E-state index in [-0.39, 0.29) is 6.42 Å². The third kappa shape index (κ3) is 6.85. The molecule has 1 aliphatic rings. The number of amides is 1. The molecule has 7 nitrogen and oxygen atoms in total. The first-order valence-corrected chi connectivity index (χ1v) is 11.9. The molecular weight excluding hydrogens is 466 g/mol. The number of aryl methyl sites for hydroxylation is 1. The van der Waals surface area contributed by atoms with E-state index < -0.39 is 42.0 Å². The quantitative estimate of drug-likeness (QED) is 0.336. The third-order valence-electron chi connectivity index (χ3n) is 6.09. The van der Waals surface area contributed by atoms with Crippen LogP contribution in [-0.4, -0.2) is 28.5 Å². The zero-order chi connectivity index (χ0) is 25.5. The first-order chi connectivity index (χ1) is 17.4. The van der Waals surface area contributed by atoms with Crippen LogP contribution in [0.5, 0.6) is 0 Å². The van der Waals surface area contributed by atoms with Crippen molar-refractivity contribution in [3.63, 3.8) is 0 Å². The van der Waals surface area contributed by atoms with Crippen molar-refractivity contribution >= 4 is 17.7 Å². The van der Waals surface area contributed by atoms with Crippen LogP contribution < -0.4 is 16.0 Å². The number of benzene rings is 2. The Morgan fingerprint density at radius 2 is 1.67 bits per heavy atom. The maximum atomic E-state index is 14.0. The molecule has 1 aromatic heterocycles. The largest absolute Gasteiger partial charge is 0.481 e. The monoisotopic (exact) mass is 494 g/mol. The highest BCUT2D eigenvalue weighted by Gasteiger charge is 2.22. The molecule has 3 aromatic rings. The van der Waals surface area contributed by atoms with Crippen molar-refractivity contribution in [3.8, 4) is 0 Å². The fourth-order valence-electron chi connectivity index (χ4n) is 4.32. The molecule has 0 aliphatic carbocycles. The maximum Gasteiger partial charge on any atom is 0.305 e. The van der Waals surface area contributed by atoms with E-state index in [1.807, 2.05) is 12.1 Å². The molecule has 1 aliphatic heterocycles. The molecule has 1 amide bonds. The number of aliphatic carboxylic acids is 1. The molecule has 4 rings (SSSR count). The van der Waals surface area contributed by atoms with Gasteiger partial charge in [-0.25, -0.2) is 13.8 Å². The van der Waals surface area contributed by atoms with Crippen molar-refractivity contribution < 1.29 is 23.5 Å². The summed E-state index contributed by atoms with van der Waals surface area (Å²) in [5.74, 6) is -1.68. The number of carbonyl (C=O) groups is 2. The molecular formula is C27H28F2N4O3. The number of halogens is 2. The normalized spacial score (nSPS) is 14.3. The Morgan fingerprint density at radius 3 is 2.33 bits per heavy atom. The van der Waals surface area contributed by atoms with Crippen molar-refractivity contribution in [1.29, 1.82) is 0 Å². The summed E-state index contributed by atoms with van der Waals surface area (Å²) in [6.07, 6.45) is 1.54. The highest BCUT2D eigenvalue weighted by atomic mass is 19.1. The summed E-state index contributed by atoms with van der Waals surface area (Å²) in [6.45, 7) is 1.21. The molecule has 2 unspecified atom stereocenters. The summed E-state index contributed by atoms with van der Waals surface area (Å²) < 4.78 is 27.7. The zero-order valence-electron chi connectivity index (χ0n) is 19.6. The minimum atomic E-state index is -1.13. The minimum absolute atomic E-state index is 0.0852. The Kier molecular flexibility index (Phi) is 8.22. The lowest BCUT2D eigenvalue weighted by molar-refractivity contribution is -0.137. The predicted octanol–water partition coefficient (Wildman–Crippen LogP) is 4.27. The van der Waals surface area contributed by atoms with Crippen LogP contribution in [0, 0.1) is 11.6 Å². The summed E-state index contributed by atoms with van der Waals surface area (Å²) in [5, 5.41) is 18.6. The Balaban J connectivity index is 1.49. The van der Waals surface area contributed by atoms with Gasteiger partial charge in [0.05, 0.1) is 18.2 Å². The minimum Gasteiger partial charge on any atom is -0.481 e. The first kappa shape index (κ1) is 25.2. The number of aromatic nitrogens is 1. The highest BCUT2D eigenvalue weighted by molar-refractivity contribution is 5.78. The topological polar surface area (TPSA) is 103 Å². The standard InChI is InChI=1S/C27H28F2N4O3/c28-20-7-1-4-18(12-20)23(31-16-22-10-9-17-6-3-11-30-27(17)32-22)14-25(34)33-24(15-26(35)36)19-5-2-8-21(29)13-19/h1-2,4-5,7-10,12-13,23-24,31H,3,6,11,14-16H2,(H,30,32)(H,33,34)(H,35,36). The Hall–Kier alpha value is -3.85. The van der Waals surface area contributed by atoms with Crippen LogP contribution >= 0.6 is 0 Å². The van der Waals surface area contributed by atoms with Crippen LogP contribution in [0.15, 0.2) is 60.7 Å². The molecule has 2 atom stereocenters. The average molecular weight is 495 g/mol. The van der Waals surface area contributed by atoms with E-state index in [9.17, 15) is 23.5 Å². The fourth-order valence-corrected chi connectivity index (χ4v) is 4.32. The molecule has 0 bridgehead atoms. The predicted molar refractivity (Wildman–Crippen MR) is 131 cm³/mol. The van der Waals surface area contributed by atoms with Crippen molar-refractivity contribution in [2.75, 3.05) is 11.9 Å².